The molecule has 0 unspecified atom stereocenters. The minimum absolute atomic E-state index is 0.134. The fourth-order valence-corrected chi connectivity index (χ4v) is 1.90. The van der Waals surface area contributed by atoms with E-state index in [-0.39, 0.29) is 5.97 Å². The van der Waals surface area contributed by atoms with Gasteiger partial charge in [0.1, 0.15) is 0 Å². The van der Waals surface area contributed by atoms with E-state index in [1.54, 1.807) is 0 Å². The van der Waals surface area contributed by atoms with Gasteiger partial charge in [-0.15, -0.1) is 0 Å². The Bertz CT molecular complexity index is 337. The number of carbonyl (C=O) groups is 1. The van der Waals surface area contributed by atoms with Crippen molar-refractivity contribution >= 4 is 5.97 Å². The Morgan fingerprint density at radius 1 is 1.33 bits per heavy atom. The zero-order chi connectivity index (χ0) is 10.7. The molecule has 1 aliphatic heterocycles. The second-order valence-corrected chi connectivity index (χ2v) is 3.72. The third-order valence-corrected chi connectivity index (χ3v) is 2.56. The van der Waals surface area contributed by atoms with Crippen LogP contribution in [-0.4, -0.2) is 24.0 Å². The Morgan fingerprint density at radius 3 is 2.47 bits per heavy atom. The summed E-state index contributed by atoms with van der Waals surface area (Å²) in [4.78, 5) is 13.4. The fraction of sp³-hybridized carbons (Fsp3) is 0.417. The van der Waals surface area contributed by atoms with Crippen LogP contribution in [0, 0.1) is 0 Å². The molecule has 80 valence electrons. The number of fused-ring (bicyclic) bond motifs is 1. The summed E-state index contributed by atoms with van der Waals surface area (Å²) < 4.78 is 4.92. The second kappa shape index (κ2) is 4.45. The molecule has 0 fully saturated rings. The van der Waals surface area contributed by atoms with Crippen LogP contribution in [0.1, 0.15) is 18.1 Å². The van der Waals surface area contributed by atoms with E-state index < -0.39 is 0 Å². The van der Waals surface area contributed by atoms with Gasteiger partial charge < -0.3 is 4.74 Å². The van der Waals surface area contributed by atoms with Crippen LogP contribution in [0.4, 0.5) is 0 Å². The monoisotopic (exact) mass is 205 g/mol. The molecule has 3 heteroatoms. The Morgan fingerprint density at radius 2 is 1.93 bits per heavy atom. The zero-order valence-corrected chi connectivity index (χ0v) is 8.90. The van der Waals surface area contributed by atoms with Crippen LogP contribution in [0.3, 0.4) is 0 Å². The van der Waals surface area contributed by atoms with Crippen molar-refractivity contribution in [3.63, 3.8) is 0 Å². The van der Waals surface area contributed by atoms with E-state index in [9.17, 15) is 4.79 Å². The smallest absolute Gasteiger partial charge is 0.320 e. The Hall–Kier alpha value is -1.35. The molecular formula is C12H15NO2. The van der Waals surface area contributed by atoms with Crippen LogP contribution < -0.4 is 0 Å². The molecule has 0 aromatic heterocycles. The van der Waals surface area contributed by atoms with Crippen molar-refractivity contribution in [2.24, 2.45) is 0 Å². The number of rotatable bonds is 3. The highest BCUT2D eigenvalue weighted by Crippen LogP contribution is 2.21. The van der Waals surface area contributed by atoms with Gasteiger partial charge in [-0.05, 0) is 18.1 Å². The van der Waals surface area contributed by atoms with Gasteiger partial charge in [0.25, 0.3) is 0 Å². The number of carbonyl (C=O) groups excluding carboxylic acids is 1. The standard InChI is InChI=1S/C12H15NO2/c1-2-15-12(14)9-13-7-10-5-3-4-6-11(10)8-13/h3-6H,2,7-9H2,1H3. The van der Waals surface area contributed by atoms with Crippen LogP contribution in [0.5, 0.6) is 0 Å². The van der Waals surface area contributed by atoms with E-state index in [0.29, 0.717) is 13.2 Å². The van der Waals surface area contributed by atoms with E-state index in [1.807, 2.05) is 19.1 Å². The van der Waals surface area contributed by atoms with E-state index in [0.717, 1.165) is 13.1 Å². The predicted octanol–water partition coefficient (Wildman–Crippen LogP) is 1.57. The first-order chi connectivity index (χ1) is 7.29. The van der Waals surface area contributed by atoms with Crippen LogP contribution in [0.15, 0.2) is 24.3 Å². The number of esters is 1. The van der Waals surface area contributed by atoms with E-state index in [4.69, 9.17) is 4.74 Å². The minimum atomic E-state index is -0.134. The van der Waals surface area contributed by atoms with Crippen molar-refractivity contribution < 1.29 is 9.53 Å². The van der Waals surface area contributed by atoms with Crippen molar-refractivity contribution in [3.8, 4) is 0 Å². The van der Waals surface area contributed by atoms with Gasteiger partial charge in [-0.25, -0.2) is 0 Å². The van der Waals surface area contributed by atoms with Gasteiger partial charge in [-0.2, -0.15) is 0 Å². The molecule has 3 nitrogen and oxygen atoms in total. The minimum Gasteiger partial charge on any atom is -0.465 e. The molecule has 0 saturated heterocycles. The van der Waals surface area contributed by atoms with Crippen molar-refractivity contribution in [1.29, 1.82) is 0 Å². The Balaban J connectivity index is 1.93. The topological polar surface area (TPSA) is 29.5 Å². The highest BCUT2D eigenvalue weighted by Gasteiger charge is 2.20. The first kappa shape index (κ1) is 10.2. The number of nitrogens with zero attached hydrogens (tertiary/aromatic N) is 1. The lowest BCUT2D eigenvalue weighted by atomic mass is 10.1. The molecule has 0 aliphatic carbocycles. The van der Waals surface area contributed by atoms with Gasteiger partial charge in [-0.3, -0.25) is 9.69 Å². The molecule has 15 heavy (non-hydrogen) atoms. The Labute approximate surface area is 89.7 Å². The summed E-state index contributed by atoms with van der Waals surface area (Å²) in [5, 5.41) is 0. The maximum absolute atomic E-state index is 11.3. The highest BCUT2D eigenvalue weighted by molar-refractivity contribution is 5.71. The van der Waals surface area contributed by atoms with Gasteiger partial charge in [0.05, 0.1) is 13.2 Å². The first-order valence-electron chi connectivity index (χ1n) is 5.24. The SMILES string of the molecule is CCOC(=O)CN1Cc2ccccc2C1. The molecule has 2 rings (SSSR count). The molecule has 0 bridgehead atoms. The molecule has 1 heterocycles. The maximum atomic E-state index is 11.3. The van der Waals surface area contributed by atoms with Gasteiger partial charge in [-0.1, -0.05) is 24.3 Å². The van der Waals surface area contributed by atoms with Crippen LogP contribution in [-0.2, 0) is 22.6 Å². The molecular weight excluding hydrogens is 190 g/mol. The molecule has 1 aliphatic rings. The fourth-order valence-electron chi connectivity index (χ4n) is 1.90. The van der Waals surface area contributed by atoms with E-state index in [2.05, 4.69) is 17.0 Å². The molecule has 0 amide bonds. The van der Waals surface area contributed by atoms with Gasteiger partial charge in [0, 0.05) is 13.1 Å². The average molecular weight is 205 g/mol. The van der Waals surface area contributed by atoms with Crippen molar-refractivity contribution in [2.75, 3.05) is 13.2 Å². The summed E-state index contributed by atoms with van der Waals surface area (Å²) in [6.07, 6.45) is 0. The normalized spacial score (nSPS) is 15.0. The number of ether oxygens (including phenoxy) is 1. The lowest BCUT2D eigenvalue weighted by Crippen LogP contribution is -2.26. The summed E-state index contributed by atoms with van der Waals surface area (Å²) in [7, 11) is 0. The molecule has 0 N–H and O–H groups in total. The van der Waals surface area contributed by atoms with Gasteiger partial charge in [0.2, 0.25) is 0 Å². The number of benzene rings is 1. The van der Waals surface area contributed by atoms with Crippen molar-refractivity contribution in [2.45, 2.75) is 20.0 Å². The third kappa shape index (κ3) is 2.36. The predicted molar refractivity (Wildman–Crippen MR) is 57.2 cm³/mol. The number of hydrogen-bond acceptors (Lipinski definition) is 3. The summed E-state index contributed by atoms with van der Waals surface area (Å²) in [6.45, 7) is 4.39. The van der Waals surface area contributed by atoms with Gasteiger partial charge >= 0.3 is 5.97 Å². The molecule has 0 spiro atoms. The Kier molecular flexibility index (Phi) is 3.02. The largest absolute Gasteiger partial charge is 0.465 e. The van der Waals surface area contributed by atoms with Crippen molar-refractivity contribution in [1.82, 2.24) is 4.90 Å². The van der Waals surface area contributed by atoms with Crippen LogP contribution in [0.2, 0.25) is 0 Å². The highest BCUT2D eigenvalue weighted by atomic mass is 16.5. The van der Waals surface area contributed by atoms with E-state index >= 15 is 0 Å². The molecule has 1 aromatic carbocycles. The maximum Gasteiger partial charge on any atom is 0.320 e. The zero-order valence-electron chi connectivity index (χ0n) is 8.90. The van der Waals surface area contributed by atoms with E-state index in [1.165, 1.54) is 11.1 Å². The van der Waals surface area contributed by atoms with Crippen LogP contribution in [0.25, 0.3) is 0 Å². The summed E-state index contributed by atoms with van der Waals surface area (Å²) in [5.74, 6) is -0.134. The lowest BCUT2D eigenvalue weighted by molar-refractivity contribution is -0.144. The summed E-state index contributed by atoms with van der Waals surface area (Å²) in [5.41, 5.74) is 2.64. The average Bonchev–Trinajstić information content (AvgIpc) is 2.59. The second-order valence-electron chi connectivity index (χ2n) is 3.72. The first-order valence-corrected chi connectivity index (χ1v) is 5.24. The number of hydrogen-bond donors (Lipinski definition) is 0. The molecule has 1 aromatic rings. The third-order valence-electron chi connectivity index (χ3n) is 2.56. The van der Waals surface area contributed by atoms with Crippen molar-refractivity contribution in [3.05, 3.63) is 35.4 Å². The quantitative estimate of drug-likeness (QED) is 0.701. The van der Waals surface area contributed by atoms with Gasteiger partial charge in [0.15, 0.2) is 0 Å². The lowest BCUT2D eigenvalue weighted by Gasteiger charge is -2.12. The summed E-state index contributed by atoms with van der Waals surface area (Å²) in [6, 6.07) is 8.29. The molecule has 0 saturated carbocycles. The molecule has 0 atom stereocenters. The molecule has 0 radical (unpaired) electrons. The summed E-state index contributed by atoms with van der Waals surface area (Å²) >= 11 is 0. The van der Waals surface area contributed by atoms with Crippen LogP contribution >= 0.6 is 0 Å².